The van der Waals surface area contributed by atoms with Crippen molar-refractivity contribution in [3.63, 3.8) is 0 Å². The molecule has 1 aromatic heterocycles. The van der Waals surface area contributed by atoms with Crippen LogP contribution in [0, 0.1) is 0 Å². The molecule has 1 N–H and O–H groups in total. The zero-order chi connectivity index (χ0) is 17.4. The number of carbonyl (C=O) groups excluding carboxylic acids is 1. The molecule has 7 heteroatoms. The molecular weight excluding hydrogens is 310 g/mol. The predicted molar refractivity (Wildman–Crippen MR) is 89.1 cm³/mol. The first-order chi connectivity index (χ1) is 11.7. The van der Waals surface area contributed by atoms with Gasteiger partial charge in [-0.1, -0.05) is 18.5 Å². The summed E-state index contributed by atoms with van der Waals surface area (Å²) < 4.78 is 15.7. The van der Waals surface area contributed by atoms with E-state index in [1.807, 2.05) is 6.07 Å². The number of aryl methyl sites for hydroxylation is 1. The lowest BCUT2D eigenvalue weighted by molar-refractivity contribution is -0.121. The van der Waals surface area contributed by atoms with E-state index in [2.05, 4.69) is 22.4 Å². The van der Waals surface area contributed by atoms with Crippen LogP contribution in [0.4, 0.5) is 0 Å². The Morgan fingerprint density at radius 2 is 2.04 bits per heavy atom. The van der Waals surface area contributed by atoms with Gasteiger partial charge < -0.3 is 19.3 Å². The standard InChI is InChI=1S/C17H23N3O4/c1-4-5-10-18-15(21)8-9-16-19-17(20-24-16)12-6-7-13(22-2)14(11-12)23-3/h6-7,11H,4-5,8-10H2,1-3H3,(H,18,21). The van der Waals surface area contributed by atoms with Crippen molar-refractivity contribution in [3.05, 3.63) is 24.1 Å². The summed E-state index contributed by atoms with van der Waals surface area (Å²) in [6.07, 6.45) is 2.78. The summed E-state index contributed by atoms with van der Waals surface area (Å²) in [5, 5.41) is 6.82. The van der Waals surface area contributed by atoms with Gasteiger partial charge in [-0.15, -0.1) is 0 Å². The predicted octanol–water partition coefficient (Wildman–Crippen LogP) is 2.60. The minimum Gasteiger partial charge on any atom is -0.493 e. The van der Waals surface area contributed by atoms with Gasteiger partial charge >= 0.3 is 0 Å². The second-order valence-corrected chi connectivity index (χ2v) is 5.28. The Morgan fingerprint density at radius 1 is 1.25 bits per heavy atom. The number of ether oxygens (including phenoxy) is 2. The fraction of sp³-hybridized carbons (Fsp3) is 0.471. The molecule has 1 aromatic carbocycles. The molecule has 0 spiro atoms. The van der Waals surface area contributed by atoms with Gasteiger partial charge in [-0.2, -0.15) is 4.98 Å². The number of hydrogen-bond donors (Lipinski definition) is 1. The van der Waals surface area contributed by atoms with Crippen LogP contribution >= 0.6 is 0 Å². The Morgan fingerprint density at radius 3 is 2.75 bits per heavy atom. The highest BCUT2D eigenvalue weighted by Gasteiger charge is 2.13. The van der Waals surface area contributed by atoms with Crippen LogP contribution in [-0.4, -0.2) is 36.8 Å². The number of carbonyl (C=O) groups is 1. The topological polar surface area (TPSA) is 86.5 Å². The first-order valence-electron chi connectivity index (χ1n) is 7.99. The van der Waals surface area contributed by atoms with E-state index in [0.717, 1.165) is 18.4 Å². The number of benzene rings is 1. The van der Waals surface area contributed by atoms with E-state index in [1.54, 1.807) is 26.4 Å². The molecule has 0 radical (unpaired) electrons. The Labute approximate surface area is 141 Å². The summed E-state index contributed by atoms with van der Waals surface area (Å²) in [5.74, 6) is 2.11. The molecule has 0 aliphatic rings. The molecular formula is C17H23N3O4. The summed E-state index contributed by atoms with van der Waals surface area (Å²) in [6.45, 7) is 2.79. The van der Waals surface area contributed by atoms with E-state index < -0.39 is 0 Å². The number of nitrogens with one attached hydrogen (secondary N) is 1. The molecule has 0 saturated heterocycles. The van der Waals surface area contributed by atoms with Crippen molar-refractivity contribution in [1.82, 2.24) is 15.5 Å². The second-order valence-electron chi connectivity index (χ2n) is 5.28. The number of amides is 1. The van der Waals surface area contributed by atoms with E-state index in [9.17, 15) is 4.79 Å². The highest BCUT2D eigenvalue weighted by atomic mass is 16.5. The smallest absolute Gasteiger partial charge is 0.227 e. The molecule has 0 fully saturated rings. The first-order valence-corrected chi connectivity index (χ1v) is 7.99. The number of unbranched alkanes of at least 4 members (excludes halogenated alkanes) is 1. The fourth-order valence-corrected chi connectivity index (χ4v) is 2.16. The van der Waals surface area contributed by atoms with Crippen molar-refractivity contribution in [2.45, 2.75) is 32.6 Å². The van der Waals surface area contributed by atoms with Crippen molar-refractivity contribution in [2.75, 3.05) is 20.8 Å². The van der Waals surface area contributed by atoms with Gasteiger partial charge in [-0.3, -0.25) is 4.79 Å². The van der Waals surface area contributed by atoms with Crippen molar-refractivity contribution in [1.29, 1.82) is 0 Å². The monoisotopic (exact) mass is 333 g/mol. The molecule has 7 nitrogen and oxygen atoms in total. The van der Waals surface area contributed by atoms with E-state index in [0.29, 0.717) is 42.6 Å². The van der Waals surface area contributed by atoms with Crippen LogP contribution in [0.2, 0.25) is 0 Å². The van der Waals surface area contributed by atoms with Gasteiger partial charge in [0.1, 0.15) is 0 Å². The maximum atomic E-state index is 11.7. The third-order valence-electron chi connectivity index (χ3n) is 3.53. The van der Waals surface area contributed by atoms with E-state index in [1.165, 1.54) is 0 Å². The lowest BCUT2D eigenvalue weighted by Gasteiger charge is -2.07. The number of hydrogen-bond acceptors (Lipinski definition) is 6. The molecule has 0 unspecified atom stereocenters. The van der Waals surface area contributed by atoms with Crippen LogP contribution in [0.3, 0.4) is 0 Å². The minimum atomic E-state index is -0.00526. The third kappa shape index (κ3) is 4.71. The Hall–Kier alpha value is -2.57. The van der Waals surface area contributed by atoms with Crippen molar-refractivity contribution in [2.24, 2.45) is 0 Å². The van der Waals surface area contributed by atoms with Gasteiger partial charge in [0.25, 0.3) is 0 Å². The maximum absolute atomic E-state index is 11.7. The van der Waals surface area contributed by atoms with Crippen LogP contribution in [0.1, 0.15) is 32.1 Å². The van der Waals surface area contributed by atoms with Gasteiger partial charge in [0, 0.05) is 24.9 Å². The number of nitrogens with zero attached hydrogens (tertiary/aromatic N) is 2. The lowest BCUT2D eigenvalue weighted by Crippen LogP contribution is -2.24. The molecule has 0 aliphatic heterocycles. The van der Waals surface area contributed by atoms with Crippen LogP contribution in [0.25, 0.3) is 11.4 Å². The number of methoxy groups -OCH3 is 2. The van der Waals surface area contributed by atoms with E-state index in [-0.39, 0.29) is 5.91 Å². The highest BCUT2D eigenvalue weighted by molar-refractivity contribution is 5.76. The largest absolute Gasteiger partial charge is 0.493 e. The quantitative estimate of drug-likeness (QED) is 0.710. The highest BCUT2D eigenvalue weighted by Crippen LogP contribution is 2.31. The summed E-state index contributed by atoms with van der Waals surface area (Å²) >= 11 is 0. The average Bonchev–Trinajstić information content (AvgIpc) is 3.08. The number of aromatic nitrogens is 2. The Bertz CT molecular complexity index is 670. The second kappa shape index (κ2) is 8.90. The van der Waals surface area contributed by atoms with Crippen LogP contribution in [-0.2, 0) is 11.2 Å². The minimum absolute atomic E-state index is 0.00526. The van der Waals surface area contributed by atoms with Crippen molar-refractivity contribution < 1.29 is 18.8 Å². The van der Waals surface area contributed by atoms with Gasteiger partial charge in [-0.25, -0.2) is 0 Å². The zero-order valence-electron chi connectivity index (χ0n) is 14.3. The molecule has 130 valence electrons. The number of rotatable bonds is 9. The van der Waals surface area contributed by atoms with Crippen molar-refractivity contribution in [3.8, 4) is 22.9 Å². The molecule has 2 aromatic rings. The molecule has 2 rings (SSSR count). The molecule has 24 heavy (non-hydrogen) atoms. The summed E-state index contributed by atoms with van der Waals surface area (Å²) in [7, 11) is 3.15. The van der Waals surface area contributed by atoms with E-state index in [4.69, 9.17) is 14.0 Å². The van der Waals surface area contributed by atoms with Crippen molar-refractivity contribution >= 4 is 5.91 Å². The Kier molecular flexibility index (Phi) is 6.60. The van der Waals surface area contributed by atoms with Crippen LogP contribution < -0.4 is 14.8 Å². The molecule has 1 amide bonds. The molecule has 0 bridgehead atoms. The SMILES string of the molecule is CCCCNC(=O)CCc1nc(-c2ccc(OC)c(OC)c2)no1. The average molecular weight is 333 g/mol. The fourth-order valence-electron chi connectivity index (χ4n) is 2.16. The Balaban J connectivity index is 1.96. The maximum Gasteiger partial charge on any atom is 0.227 e. The third-order valence-corrected chi connectivity index (χ3v) is 3.53. The van der Waals surface area contributed by atoms with Crippen LogP contribution in [0.5, 0.6) is 11.5 Å². The lowest BCUT2D eigenvalue weighted by atomic mass is 10.2. The van der Waals surface area contributed by atoms with Crippen LogP contribution in [0.15, 0.2) is 22.7 Å². The summed E-state index contributed by atoms with van der Waals surface area (Å²) in [6, 6.07) is 5.39. The molecule has 0 atom stereocenters. The summed E-state index contributed by atoms with van der Waals surface area (Å²) in [5.41, 5.74) is 0.759. The van der Waals surface area contributed by atoms with Gasteiger partial charge in [0.15, 0.2) is 11.5 Å². The first kappa shape index (κ1) is 17.8. The van der Waals surface area contributed by atoms with E-state index >= 15 is 0 Å². The normalized spacial score (nSPS) is 10.5. The van der Waals surface area contributed by atoms with Gasteiger partial charge in [0.05, 0.1) is 14.2 Å². The molecule has 0 saturated carbocycles. The van der Waals surface area contributed by atoms with Gasteiger partial charge in [-0.05, 0) is 24.6 Å². The molecule has 1 heterocycles. The zero-order valence-corrected chi connectivity index (χ0v) is 14.3. The summed E-state index contributed by atoms with van der Waals surface area (Å²) in [4.78, 5) is 16.0. The van der Waals surface area contributed by atoms with Gasteiger partial charge in [0.2, 0.25) is 17.6 Å². The molecule has 0 aliphatic carbocycles.